The number of nitrogens with one attached hydrogen (secondary N) is 1. The molecule has 1 amide bonds. The number of halogens is 2. The molecule has 6 heteroatoms. The van der Waals surface area contributed by atoms with Gasteiger partial charge in [-0.2, -0.15) is 0 Å². The Hall–Kier alpha value is -1.92. The van der Waals surface area contributed by atoms with Gasteiger partial charge in [-0.05, 0) is 42.8 Å². The topological polar surface area (TPSA) is 47.6 Å². The second kappa shape index (κ2) is 9.39. The van der Waals surface area contributed by atoms with Crippen molar-refractivity contribution in [3.8, 4) is 5.75 Å². The van der Waals surface area contributed by atoms with Crippen molar-refractivity contribution in [1.29, 1.82) is 0 Å². The normalized spacial score (nSPS) is 10.5. The van der Waals surface area contributed by atoms with Crippen LogP contribution < -0.4 is 10.1 Å². The number of amides is 1. The number of para-hydroxylation sites is 1. The van der Waals surface area contributed by atoms with Crippen molar-refractivity contribution in [2.45, 2.75) is 13.5 Å². The fourth-order valence-electron chi connectivity index (χ4n) is 2.13. The van der Waals surface area contributed by atoms with E-state index >= 15 is 0 Å². The Labute approximate surface area is 149 Å². The number of benzene rings is 2. The Morgan fingerprint density at radius 1 is 1.21 bits per heavy atom. The van der Waals surface area contributed by atoms with Crippen LogP contribution in [-0.2, 0) is 11.3 Å². The first-order valence-corrected chi connectivity index (χ1v) is 8.42. The largest absolute Gasteiger partial charge is 0.490 e. The summed E-state index contributed by atoms with van der Waals surface area (Å²) in [6, 6.07) is 11.5. The van der Waals surface area contributed by atoms with Crippen LogP contribution in [0.15, 0.2) is 46.9 Å². The van der Waals surface area contributed by atoms with Crippen molar-refractivity contribution in [2.75, 3.05) is 19.8 Å². The zero-order valence-corrected chi connectivity index (χ0v) is 14.9. The molecule has 0 heterocycles. The van der Waals surface area contributed by atoms with E-state index in [1.54, 1.807) is 30.3 Å². The minimum atomic E-state index is -0.353. The van der Waals surface area contributed by atoms with E-state index in [9.17, 15) is 9.18 Å². The smallest absolute Gasteiger partial charge is 0.255 e. The van der Waals surface area contributed by atoms with Gasteiger partial charge < -0.3 is 14.8 Å². The molecule has 0 bridgehead atoms. The van der Waals surface area contributed by atoms with E-state index < -0.39 is 0 Å². The molecule has 0 fully saturated rings. The van der Waals surface area contributed by atoms with Gasteiger partial charge in [0.05, 0.1) is 12.2 Å². The third-order valence-corrected chi connectivity index (χ3v) is 3.65. The summed E-state index contributed by atoms with van der Waals surface area (Å²) in [6.45, 7) is 3.59. The fourth-order valence-corrected chi connectivity index (χ4v) is 2.64. The first kappa shape index (κ1) is 18.4. The molecule has 0 aliphatic rings. The molecule has 0 radical (unpaired) electrons. The summed E-state index contributed by atoms with van der Waals surface area (Å²) < 4.78 is 24.8. The lowest BCUT2D eigenvalue weighted by Gasteiger charge is -2.12. The molecular weight excluding hydrogens is 377 g/mol. The molecule has 0 saturated carbocycles. The lowest BCUT2D eigenvalue weighted by molar-refractivity contribution is 0.0934. The van der Waals surface area contributed by atoms with Crippen LogP contribution in [0.5, 0.6) is 5.75 Å². The van der Waals surface area contributed by atoms with Gasteiger partial charge in [0.1, 0.15) is 18.2 Å². The summed E-state index contributed by atoms with van der Waals surface area (Å²) >= 11 is 3.23. The zero-order chi connectivity index (χ0) is 17.4. The molecule has 0 aliphatic carbocycles. The van der Waals surface area contributed by atoms with Gasteiger partial charge >= 0.3 is 0 Å². The first-order chi connectivity index (χ1) is 11.6. The Balaban J connectivity index is 1.98. The molecule has 0 atom stereocenters. The Morgan fingerprint density at radius 2 is 2.00 bits per heavy atom. The van der Waals surface area contributed by atoms with Crippen molar-refractivity contribution < 1.29 is 18.7 Å². The molecule has 2 aromatic rings. The van der Waals surface area contributed by atoms with Gasteiger partial charge in [0.15, 0.2) is 0 Å². The lowest BCUT2D eigenvalue weighted by Crippen LogP contribution is -2.23. The van der Waals surface area contributed by atoms with Crippen LogP contribution in [0.25, 0.3) is 0 Å². The van der Waals surface area contributed by atoms with Gasteiger partial charge in [0.2, 0.25) is 0 Å². The highest BCUT2D eigenvalue weighted by Crippen LogP contribution is 2.19. The van der Waals surface area contributed by atoms with Crippen LogP contribution in [0, 0.1) is 5.82 Å². The summed E-state index contributed by atoms with van der Waals surface area (Å²) in [5.41, 5.74) is 1.11. The summed E-state index contributed by atoms with van der Waals surface area (Å²) in [5, 5.41) is 2.77. The number of hydrogen-bond donors (Lipinski definition) is 1. The van der Waals surface area contributed by atoms with Crippen molar-refractivity contribution in [3.63, 3.8) is 0 Å². The van der Waals surface area contributed by atoms with Crippen molar-refractivity contribution in [3.05, 3.63) is 63.9 Å². The number of carbonyl (C=O) groups excluding carboxylic acids is 1. The van der Waals surface area contributed by atoms with E-state index in [1.807, 2.05) is 6.92 Å². The van der Waals surface area contributed by atoms with Gasteiger partial charge in [0.25, 0.3) is 5.91 Å². The summed E-state index contributed by atoms with van der Waals surface area (Å²) in [7, 11) is 0. The van der Waals surface area contributed by atoms with Crippen LogP contribution in [0.3, 0.4) is 0 Å². The molecule has 2 aromatic carbocycles. The van der Waals surface area contributed by atoms with E-state index in [2.05, 4.69) is 21.2 Å². The van der Waals surface area contributed by atoms with E-state index in [0.29, 0.717) is 41.2 Å². The molecule has 0 spiro atoms. The average molecular weight is 396 g/mol. The summed E-state index contributed by atoms with van der Waals surface area (Å²) in [6.07, 6.45) is 0. The third-order valence-electron chi connectivity index (χ3n) is 3.20. The molecular formula is C18H19BrFNO3. The van der Waals surface area contributed by atoms with Gasteiger partial charge in [-0.3, -0.25) is 4.79 Å². The monoisotopic (exact) mass is 395 g/mol. The quantitative estimate of drug-likeness (QED) is 0.688. The maximum atomic E-state index is 13.4. The molecule has 1 N–H and O–H groups in total. The van der Waals surface area contributed by atoms with E-state index in [1.165, 1.54) is 12.1 Å². The molecule has 2 rings (SSSR count). The van der Waals surface area contributed by atoms with Crippen LogP contribution in [0.4, 0.5) is 4.39 Å². The van der Waals surface area contributed by atoms with E-state index in [-0.39, 0.29) is 18.3 Å². The van der Waals surface area contributed by atoms with Crippen LogP contribution in [-0.4, -0.2) is 25.7 Å². The molecule has 0 unspecified atom stereocenters. The second-order valence-corrected chi connectivity index (χ2v) is 5.92. The Morgan fingerprint density at radius 3 is 2.75 bits per heavy atom. The number of hydrogen-bond acceptors (Lipinski definition) is 3. The van der Waals surface area contributed by atoms with Crippen molar-refractivity contribution >= 4 is 21.8 Å². The first-order valence-electron chi connectivity index (χ1n) is 7.63. The fraction of sp³-hybridized carbons (Fsp3) is 0.278. The van der Waals surface area contributed by atoms with Crippen LogP contribution in [0.2, 0.25) is 0 Å². The molecule has 24 heavy (non-hydrogen) atoms. The Bertz CT molecular complexity index is 673. The van der Waals surface area contributed by atoms with Crippen LogP contribution in [0.1, 0.15) is 22.8 Å². The molecule has 0 aliphatic heterocycles. The predicted octanol–water partition coefficient (Wildman–Crippen LogP) is 3.93. The van der Waals surface area contributed by atoms with Gasteiger partial charge in [-0.25, -0.2) is 4.39 Å². The molecule has 128 valence electrons. The molecule has 0 aromatic heterocycles. The number of rotatable bonds is 8. The van der Waals surface area contributed by atoms with Crippen molar-refractivity contribution in [1.82, 2.24) is 5.32 Å². The van der Waals surface area contributed by atoms with Gasteiger partial charge in [0, 0.05) is 17.6 Å². The van der Waals surface area contributed by atoms with E-state index in [4.69, 9.17) is 9.47 Å². The van der Waals surface area contributed by atoms with Crippen molar-refractivity contribution in [2.24, 2.45) is 0 Å². The highest BCUT2D eigenvalue weighted by atomic mass is 79.9. The molecule has 0 saturated heterocycles. The lowest BCUT2D eigenvalue weighted by atomic mass is 10.1. The minimum absolute atomic E-state index is 0.225. The van der Waals surface area contributed by atoms with E-state index in [0.717, 1.165) is 0 Å². The minimum Gasteiger partial charge on any atom is -0.490 e. The highest BCUT2D eigenvalue weighted by molar-refractivity contribution is 9.10. The third kappa shape index (κ3) is 5.62. The van der Waals surface area contributed by atoms with Gasteiger partial charge in [-0.1, -0.05) is 28.1 Å². The molecule has 4 nitrogen and oxygen atoms in total. The van der Waals surface area contributed by atoms with Gasteiger partial charge in [-0.15, -0.1) is 0 Å². The number of carbonyl (C=O) groups is 1. The zero-order valence-electron chi connectivity index (χ0n) is 13.4. The Kier molecular flexibility index (Phi) is 7.21. The highest BCUT2D eigenvalue weighted by Gasteiger charge is 2.12. The predicted molar refractivity (Wildman–Crippen MR) is 93.7 cm³/mol. The summed E-state index contributed by atoms with van der Waals surface area (Å²) in [5.74, 6) is -0.134. The standard InChI is InChI=1S/C18H19BrFNO3/c1-2-23-7-8-24-17-6-4-3-5-16(17)18(22)21-12-13-9-14(19)11-15(20)10-13/h3-6,9-11H,2,7-8,12H2,1H3,(H,21,22). The van der Waals surface area contributed by atoms with Crippen LogP contribution >= 0.6 is 15.9 Å². The SMILES string of the molecule is CCOCCOc1ccccc1C(=O)NCc1cc(F)cc(Br)c1. The second-order valence-electron chi connectivity index (χ2n) is 5.00. The average Bonchev–Trinajstić information content (AvgIpc) is 2.56. The maximum Gasteiger partial charge on any atom is 0.255 e. The maximum absolute atomic E-state index is 13.4. The number of ether oxygens (including phenoxy) is 2. The summed E-state index contributed by atoms with van der Waals surface area (Å²) in [4.78, 5) is 12.4.